The largest absolute Gasteiger partial charge is 0.460 e. The average molecular weight is 414 g/mol. The molecule has 0 aliphatic carbocycles. The van der Waals surface area contributed by atoms with Crippen LogP contribution in [0.15, 0.2) is 53.4 Å². The molecule has 5 nitrogen and oxygen atoms in total. The number of aromatic amines is 1. The number of pyridine rings is 1. The quantitative estimate of drug-likeness (QED) is 0.713. The highest BCUT2D eigenvalue weighted by Gasteiger charge is 2.30. The topological polar surface area (TPSA) is 40.3 Å². The van der Waals surface area contributed by atoms with Crippen molar-refractivity contribution < 1.29 is 23.7 Å². The number of quaternary nitrogens is 1. The SMILES string of the molecule is Fc1cc2c(c(C[NH+]3CCN(c4cccc[nH+]4)CC3)c1)O[C@H](c1ccsc1)OC2. The molecule has 2 aromatic heterocycles. The zero-order chi connectivity index (χ0) is 19.6. The Labute approximate surface area is 173 Å². The highest BCUT2D eigenvalue weighted by Crippen LogP contribution is 2.36. The predicted octanol–water partition coefficient (Wildman–Crippen LogP) is 2.21. The zero-order valence-electron chi connectivity index (χ0n) is 16.1. The first-order valence-electron chi connectivity index (χ1n) is 9.93. The molecule has 0 saturated carbocycles. The van der Waals surface area contributed by atoms with Gasteiger partial charge in [-0.05, 0) is 29.6 Å². The highest BCUT2D eigenvalue weighted by atomic mass is 32.1. The van der Waals surface area contributed by atoms with E-state index in [4.69, 9.17) is 9.47 Å². The van der Waals surface area contributed by atoms with Crippen molar-refractivity contribution >= 4 is 17.2 Å². The highest BCUT2D eigenvalue weighted by molar-refractivity contribution is 7.07. The van der Waals surface area contributed by atoms with E-state index in [1.165, 1.54) is 11.0 Å². The number of ether oxygens (including phenoxy) is 2. The van der Waals surface area contributed by atoms with Crippen molar-refractivity contribution in [2.24, 2.45) is 0 Å². The second kappa shape index (κ2) is 8.10. The van der Waals surface area contributed by atoms with Crippen LogP contribution in [0, 0.1) is 5.82 Å². The van der Waals surface area contributed by atoms with Crippen LogP contribution in [-0.4, -0.2) is 26.2 Å². The Hall–Kier alpha value is -2.48. The van der Waals surface area contributed by atoms with E-state index in [2.05, 4.69) is 16.0 Å². The van der Waals surface area contributed by atoms with Crippen LogP contribution in [0.1, 0.15) is 23.0 Å². The summed E-state index contributed by atoms with van der Waals surface area (Å²) in [4.78, 5) is 7.10. The van der Waals surface area contributed by atoms with Gasteiger partial charge in [-0.3, -0.25) is 4.90 Å². The molecule has 0 unspecified atom stereocenters. The molecule has 5 rings (SSSR count). The van der Waals surface area contributed by atoms with Crippen LogP contribution in [0.4, 0.5) is 10.2 Å². The summed E-state index contributed by atoms with van der Waals surface area (Å²) >= 11 is 1.62. The summed E-state index contributed by atoms with van der Waals surface area (Å²) in [5, 5.41) is 4.04. The number of nitrogens with zero attached hydrogens (tertiary/aromatic N) is 1. The molecule has 1 aromatic carbocycles. The molecule has 0 radical (unpaired) electrons. The van der Waals surface area contributed by atoms with E-state index in [-0.39, 0.29) is 5.82 Å². The molecule has 2 aliphatic rings. The minimum absolute atomic E-state index is 0.225. The molecule has 7 heteroatoms. The Morgan fingerprint density at radius 1 is 1.21 bits per heavy atom. The Morgan fingerprint density at radius 2 is 2.10 bits per heavy atom. The molecular weight excluding hydrogens is 389 g/mol. The van der Waals surface area contributed by atoms with Crippen molar-refractivity contribution in [2.45, 2.75) is 19.4 Å². The molecule has 2 aliphatic heterocycles. The standard InChI is InChI=1S/C22H22FN3O2S/c23-19-11-17(13-25-6-8-26(9-7-25)20-3-1-2-5-24-20)21-18(12-19)14-27-22(28-21)16-4-10-29-15-16/h1-5,10-12,15,22H,6-9,13-14H2/p+2/t22-/m1/s1. The minimum atomic E-state index is -0.418. The lowest BCUT2D eigenvalue weighted by Crippen LogP contribution is -3.13. The monoisotopic (exact) mass is 413 g/mol. The maximum Gasteiger partial charge on any atom is 0.274 e. The third kappa shape index (κ3) is 3.99. The molecule has 3 aromatic rings. The number of hydrogen-bond donors (Lipinski definition) is 1. The van der Waals surface area contributed by atoms with Gasteiger partial charge in [-0.2, -0.15) is 11.3 Å². The van der Waals surface area contributed by atoms with E-state index in [0.717, 1.165) is 61.0 Å². The average Bonchev–Trinajstić information content (AvgIpc) is 3.30. The molecule has 29 heavy (non-hydrogen) atoms. The summed E-state index contributed by atoms with van der Waals surface area (Å²) < 4.78 is 26.2. The molecule has 1 saturated heterocycles. The normalized spacial score (nSPS) is 19.6. The number of halogens is 1. The van der Waals surface area contributed by atoms with Crippen LogP contribution < -0.4 is 19.5 Å². The molecule has 0 bridgehead atoms. The van der Waals surface area contributed by atoms with Crippen molar-refractivity contribution in [1.29, 1.82) is 0 Å². The summed E-state index contributed by atoms with van der Waals surface area (Å²) in [6.45, 7) is 5.05. The maximum absolute atomic E-state index is 14.2. The van der Waals surface area contributed by atoms with E-state index in [0.29, 0.717) is 6.61 Å². The zero-order valence-corrected chi connectivity index (χ0v) is 16.9. The maximum atomic E-state index is 14.2. The lowest BCUT2D eigenvalue weighted by atomic mass is 10.1. The van der Waals surface area contributed by atoms with Crippen molar-refractivity contribution in [2.75, 3.05) is 31.1 Å². The molecule has 150 valence electrons. The van der Waals surface area contributed by atoms with E-state index < -0.39 is 6.29 Å². The fraction of sp³-hybridized carbons (Fsp3) is 0.318. The van der Waals surface area contributed by atoms with Crippen LogP contribution in [0.2, 0.25) is 0 Å². The summed E-state index contributed by atoms with van der Waals surface area (Å²) in [6.07, 6.45) is 1.54. The van der Waals surface area contributed by atoms with Gasteiger partial charge >= 0.3 is 0 Å². The first kappa shape index (κ1) is 18.5. The number of nitrogens with one attached hydrogen (secondary N) is 2. The third-order valence-corrected chi connectivity index (χ3v) is 6.28. The number of aromatic nitrogens is 1. The van der Waals surface area contributed by atoms with E-state index in [9.17, 15) is 4.39 Å². The van der Waals surface area contributed by atoms with Gasteiger partial charge in [-0.1, -0.05) is 6.07 Å². The van der Waals surface area contributed by atoms with E-state index >= 15 is 0 Å². The van der Waals surface area contributed by atoms with Crippen molar-refractivity contribution in [3.63, 3.8) is 0 Å². The number of thiophene rings is 1. The second-order valence-electron chi connectivity index (χ2n) is 7.53. The van der Waals surface area contributed by atoms with Crippen molar-refractivity contribution in [3.05, 3.63) is 75.9 Å². The molecular formula is C22H24FN3O2S+2. The molecule has 1 fully saturated rings. The molecule has 1 atom stereocenters. The van der Waals surface area contributed by atoms with Gasteiger partial charge in [0.15, 0.2) is 0 Å². The Morgan fingerprint density at radius 3 is 2.86 bits per heavy atom. The number of piperazine rings is 1. The molecule has 0 spiro atoms. The van der Waals surface area contributed by atoms with Gasteiger partial charge < -0.3 is 14.4 Å². The van der Waals surface area contributed by atoms with Crippen molar-refractivity contribution in [3.8, 4) is 5.75 Å². The smallest absolute Gasteiger partial charge is 0.274 e. The van der Waals surface area contributed by atoms with Crippen LogP contribution in [0.25, 0.3) is 0 Å². The van der Waals surface area contributed by atoms with E-state index in [1.54, 1.807) is 17.4 Å². The minimum Gasteiger partial charge on any atom is -0.460 e. The van der Waals surface area contributed by atoms with Gasteiger partial charge in [-0.25, -0.2) is 9.37 Å². The fourth-order valence-electron chi connectivity index (χ4n) is 4.07. The number of hydrogen-bond acceptors (Lipinski definition) is 4. The summed E-state index contributed by atoms with van der Waals surface area (Å²) in [5.74, 6) is 1.71. The number of anilines is 1. The van der Waals surface area contributed by atoms with Gasteiger partial charge in [0.1, 0.15) is 44.3 Å². The van der Waals surface area contributed by atoms with Gasteiger partial charge in [-0.15, -0.1) is 0 Å². The first-order valence-corrected chi connectivity index (χ1v) is 10.9. The summed E-state index contributed by atoms with van der Waals surface area (Å²) in [7, 11) is 0. The Balaban J connectivity index is 1.30. The third-order valence-electron chi connectivity index (χ3n) is 5.58. The Kier molecular flexibility index (Phi) is 5.18. The van der Waals surface area contributed by atoms with Gasteiger partial charge in [0, 0.05) is 22.6 Å². The number of fused-ring (bicyclic) bond motifs is 1. The van der Waals surface area contributed by atoms with Gasteiger partial charge in [0.25, 0.3) is 5.82 Å². The van der Waals surface area contributed by atoms with Gasteiger partial charge in [0.05, 0.1) is 18.4 Å². The molecule has 2 N–H and O–H groups in total. The van der Waals surface area contributed by atoms with E-state index in [1.807, 2.05) is 35.2 Å². The number of rotatable bonds is 4. The van der Waals surface area contributed by atoms with Crippen LogP contribution in [0.5, 0.6) is 5.75 Å². The summed E-state index contributed by atoms with van der Waals surface area (Å²) in [5.41, 5.74) is 2.73. The predicted molar refractivity (Wildman–Crippen MR) is 108 cm³/mol. The van der Waals surface area contributed by atoms with Crippen LogP contribution >= 0.6 is 11.3 Å². The van der Waals surface area contributed by atoms with Crippen LogP contribution in [-0.2, 0) is 17.9 Å². The number of H-pyrrole nitrogens is 1. The fourth-order valence-corrected chi connectivity index (χ4v) is 4.73. The van der Waals surface area contributed by atoms with Crippen LogP contribution in [0.3, 0.4) is 0 Å². The molecule has 0 amide bonds. The first-order chi connectivity index (χ1) is 14.3. The second-order valence-corrected chi connectivity index (χ2v) is 8.31. The lowest BCUT2D eigenvalue weighted by molar-refractivity contribution is -0.914. The lowest BCUT2D eigenvalue weighted by Gasteiger charge is -2.31. The molecule has 4 heterocycles. The van der Waals surface area contributed by atoms with Gasteiger partial charge in [0.2, 0.25) is 6.29 Å². The number of benzene rings is 1. The Bertz CT molecular complexity index is 960. The van der Waals surface area contributed by atoms with Crippen molar-refractivity contribution in [1.82, 2.24) is 0 Å². The summed E-state index contributed by atoms with van der Waals surface area (Å²) in [6, 6.07) is 11.3.